The fourth-order valence-corrected chi connectivity index (χ4v) is 3.36. The van der Waals surface area contributed by atoms with Crippen LogP contribution in [0.2, 0.25) is 10.0 Å². The van der Waals surface area contributed by atoms with Crippen LogP contribution in [0.25, 0.3) is 5.69 Å². The van der Waals surface area contributed by atoms with Gasteiger partial charge in [-0.1, -0.05) is 51.3 Å². The van der Waals surface area contributed by atoms with Crippen molar-refractivity contribution in [3.8, 4) is 5.69 Å². The number of amidine groups is 1. The number of hydrazine groups is 2. The molecule has 2 N–H and O–H groups in total. The first kappa shape index (κ1) is 17.4. The lowest BCUT2D eigenvalue weighted by Crippen LogP contribution is -2.40. The summed E-state index contributed by atoms with van der Waals surface area (Å²) >= 11 is 15.7. The van der Waals surface area contributed by atoms with Gasteiger partial charge in [0, 0.05) is 15.7 Å². The quantitative estimate of drug-likeness (QED) is 0.626. The van der Waals surface area contributed by atoms with Gasteiger partial charge in [-0.2, -0.15) is 5.10 Å². The van der Waals surface area contributed by atoms with Gasteiger partial charge in [0.05, 0.1) is 29.0 Å². The van der Waals surface area contributed by atoms with Crippen LogP contribution in [0.3, 0.4) is 0 Å². The molecule has 0 radical (unpaired) electrons. The summed E-state index contributed by atoms with van der Waals surface area (Å²) in [7, 11) is 0. The summed E-state index contributed by atoms with van der Waals surface area (Å²) in [6.07, 6.45) is 3.62. The minimum absolute atomic E-state index is 0.531. The van der Waals surface area contributed by atoms with Gasteiger partial charge in [-0.3, -0.25) is 5.01 Å². The van der Waals surface area contributed by atoms with Crippen LogP contribution in [0, 0.1) is 0 Å². The van der Waals surface area contributed by atoms with E-state index in [9.17, 15) is 0 Å². The van der Waals surface area contributed by atoms with Gasteiger partial charge in [0.1, 0.15) is 0 Å². The normalized spacial score (nSPS) is 13.7. The Morgan fingerprint density at radius 3 is 2.65 bits per heavy atom. The molecule has 0 bridgehead atoms. The van der Waals surface area contributed by atoms with Crippen molar-refractivity contribution < 1.29 is 0 Å². The molecule has 4 rings (SSSR count). The minimum atomic E-state index is 0.531. The molecule has 2 aromatic carbocycles. The van der Waals surface area contributed by atoms with Crippen molar-refractivity contribution in [1.82, 2.24) is 25.9 Å². The molecule has 0 saturated heterocycles. The Kier molecular flexibility index (Phi) is 4.86. The Labute approximate surface area is 168 Å². The summed E-state index contributed by atoms with van der Waals surface area (Å²) in [5.74, 6) is 0.740. The average Bonchev–Trinajstić information content (AvgIpc) is 3.26. The molecule has 0 atom stereocenters. The maximum absolute atomic E-state index is 6.27. The molecule has 0 fully saturated rings. The van der Waals surface area contributed by atoms with Gasteiger partial charge in [-0.25, -0.2) is 10.2 Å². The first-order valence-corrected chi connectivity index (χ1v) is 9.26. The van der Waals surface area contributed by atoms with Gasteiger partial charge >= 0.3 is 0 Å². The molecule has 0 amide bonds. The Balaban J connectivity index is 1.57. The second kappa shape index (κ2) is 7.28. The number of hydrogen-bond acceptors (Lipinski definition) is 5. The van der Waals surface area contributed by atoms with E-state index in [0.717, 1.165) is 27.1 Å². The molecular formula is C17H13BrCl2N6. The molecule has 9 heteroatoms. The van der Waals surface area contributed by atoms with Crippen LogP contribution in [0.15, 0.2) is 64.4 Å². The van der Waals surface area contributed by atoms with E-state index in [4.69, 9.17) is 23.2 Å². The Morgan fingerprint density at radius 2 is 1.88 bits per heavy atom. The number of hydrazone groups is 1. The lowest BCUT2D eigenvalue weighted by Gasteiger charge is -2.18. The third-order valence-electron chi connectivity index (χ3n) is 3.85. The van der Waals surface area contributed by atoms with Crippen molar-refractivity contribution in [2.45, 2.75) is 6.54 Å². The maximum Gasteiger partial charge on any atom is 0.176 e. The highest BCUT2D eigenvalue weighted by Gasteiger charge is 2.21. The second-order valence-corrected chi connectivity index (χ2v) is 7.40. The molecule has 1 aromatic heterocycles. The largest absolute Gasteiger partial charge is 0.266 e. The Bertz CT molecular complexity index is 970. The van der Waals surface area contributed by atoms with E-state index in [1.54, 1.807) is 23.0 Å². The van der Waals surface area contributed by atoms with Gasteiger partial charge in [0.25, 0.3) is 0 Å². The van der Waals surface area contributed by atoms with E-state index < -0.39 is 0 Å². The predicted molar refractivity (Wildman–Crippen MR) is 106 cm³/mol. The third kappa shape index (κ3) is 3.57. The fraction of sp³-hybridized carbons (Fsp3) is 0.0588. The summed E-state index contributed by atoms with van der Waals surface area (Å²) in [6.45, 7) is 0.645. The predicted octanol–water partition coefficient (Wildman–Crippen LogP) is 4.13. The zero-order valence-corrected chi connectivity index (χ0v) is 16.4. The number of nitrogens with zero attached hydrogens (tertiary/aromatic N) is 4. The van der Waals surface area contributed by atoms with E-state index in [-0.39, 0.29) is 0 Å². The lowest BCUT2D eigenvalue weighted by molar-refractivity contribution is 0.288. The molecule has 0 saturated carbocycles. The second-order valence-electron chi connectivity index (χ2n) is 5.64. The van der Waals surface area contributed by atoms with Crippen LogP contribution in [-0.4, -0.2) is 20.6 Å². The van der Waals surface area contributed by atoms with E-state index >= 15 is 0 Å². The van der Waals surface area contributed by atoms with Crippen molar-refractivity contribution >= 4 is 45.0 Å². The zero-order valence-electron chi connectivity index (χ0n) is 13.3. The average molecular weight is 452 g/mol. The molecule has 1 aliphatic rings. The Hall–Kier alpha value is -2.06. The number of halogens is 3. The summed E-state index contributed by atoms with van der Waals surface area (Å²) < 4.78 is 2.75. The van der Waals surface area contributed by atoms with Gasteiger partial charge in [0.15, 0.2) is 5.84 Å². The van der Waals surface area contributed by atoms with Crippen LogP contribution in [-0.2, 0) is 6.54 Å². The van der Waals surface area contributed by atoms with Gasteiger partial charge in [-0.15, -0.1) is 10.6 Å². The molecule has 26 heavy (non-hydrogen) atoms. The number of hydrogen-bond donors (Lipinski definition) is 2. The first-order valence-electron chi connectivity index (χ1n) is 7.71. The first-order chi connectivity index (χ1) is 12.6. The number of aromatic nitrogens is 2. The van der Waals surface area contributed by atoms with Crippen LogP contribution in [0.4, 0.5) is 0 Å². The highest BCUT2D eigenvalue weighted by atomic mass is 79.9. The molecule has 6 nitrogen and oxygen atoms in total. The van der Waals surface area contributed by atoms with Crippen molar-refractivity contribution in [1.29, 1.82) is 0 Å². The molecule has 0 unspecified atom stereocenters. The summed E-state index contributed by atoms with van der Waals surface area (Å²) in [5, 5.41) is 11.7. The van der Waals surface area contributed by atoms with Crippen LogP contribution in [0.1, 0.15) is 11.1 Å². The van der Waals surface area contributed by atoms with Crippen molar-refractivity contribution in [2.24, 2.45) is 5.10 Å². The van der Waals surface area contributed by atoms with Crippen molar-refractivity contribution in [3.05, 3.63) is 80.5 Å². The molecule has 0 spiro atoms. The van der Waals surface area contributed by atoms with Crippen LogP contribution >= 0.6 is 39.1 Å². The number of nitrogens with one attached hydrogen (secondary N) is 2. The summed E-state index contributed by atoms with van der Waals surface area (Å²) in [4.78, 5) is 0. The molecule has 0 aliphatic carbocycles. The van der Waals surface area contributed by atoms with Gasteiger partial charge < -0.3 is 0 Å². The lowest BCUT2D eigenvalue weighted by atomic mass is 10.2. The van der Waals surface area contributed by atoms with E-state index in [1.807, 2.05) is 29.4 Å². The standard InChI is InChI=1S/C17H13BrCl2N6/c18-13-3-1-11(2-4-13)9-26-17(22-23-24-26)12-8-21-25(10-12)16-6-5-14(19)7-15(16)20/h1-8,10,23-24H,9H2. The monoisotopic (exact) mass is 450 g/mol. The molecular weight excluding hydrogens is 439 g/mol. The SMILES string of the molecule is Clc1ccc(-n2cc(C3=NNNN3Cc3ccc(Br)cc3)cn2)c(Cl)c1. The number of benzene rings is 2. The van der Waals surface area contributed by atoms with E-state index in [1.165, 1.54) is 0 Å². The van der Waals surface area contributed by atoms with Crippen LogP contribution < -0.4 is 11.1 Å². The minimum Gasteiger partial charge on any atom is -0.266 e. The number of rotatable bonds is 4. The maximum atomic E-state index is 6.27. The van der Waals surface area contributed by atoms with Gasteiger partial charge in [-0.05, 0) is 35.9 Å². The van der Waals surface area contributed by atoms with Crippen molar-refractivity contribution in [2.75, 3.05) is 0 Å². The van der Waals surface area contributed by atoms with Crippen LogP contribution in [0.5, 0.6) is 0 Å². The summed E-state index contributed by atoms with van der Waals surface area (Å²) in [6, 6.07) is 13.4. The van der Waals surface area contributed by atoms with Crippen molar-refractivity contribution in [3.63, 3.8) is 0 Å². The third-order valence-corrected chi connectivity index (χ3v) is 4.92. The topological polar surface area (TPSA) is 57.5 Å². The highest BCUT2D eigenvalue weighted by molar-refractivity contribution is 9.10. The molecule has 132 valence electrons. The van der Waals surface area contributed by atoms with E-state index in [2.05, 4.69) is 49.3 Å². The molecule has 2 heterocycles. The molecule has 3 aromatic rings. The van der Waals surface area contributed by atoms with E-state index in [0.29, 0.717) is 16.6 Å². The molecule has 1 aliphatic heterocycles. The Morgan fingerprint density at radius 1 is 1.08 bits per heavy atom. The smallest absolute Gasteiger partial charge is 0.176 e. The fourth-order valence-electron chi connectivity index (χ4n) is 2.60. The zero-order chi connectivity index (χ0) is 18.1. The van der Waals surface area contributed by atoms with Gasteiger partial charge in [0.2, 0.25) is 0 Å². The summed E-state index contributed by atoms with van der Waals surface area (Å²) in [5.41, 5.74) is 8.57. The highest BCUT2D eigenvalue weighted by Crippen LogP contribution is 2.24.